The Hall–Kier alpha value is -3.56. The van der Waals surface area contributed by atoms with Crippen LogP contribution in [-0.2, 0) is 9.53 Å². The van der Waals surface area contributed by atoms with Crippen LogP contribution in [0.4, 0.5) is 10.2 Å². The summed E-state index contributed by atoms with van der Waals surface area (Å²) in [5.41, 5.74) is 1.67. The first-order chi connectivity index (χ1) is 17.4. The number of anilines is 1. The number of ether oxygens (including phenoxy) is 1. The summed E-state index contributed by atoms with van der Waals surface area (Å²) in [6.45, 7) is 6.41. The smallest absolute Gasteiger partial charge is 0.311 e. The van der Waals surface area contributed by atoms with Crippen molar-refractivity contribution in [2.45, 2.75) is 58.5 Å². The van der Waals surface area contributed by atoms with Crippen LogP contribution in [0.5, 0.6) is 0 Å². The van der Waals surface area contributed by atoms with Gasteiger partial charge in [-0.2, -0.15) is 5.10 Å². The third-order valence-corrected chi connectivity index (χ3v) is 7.81. The van der Waals surface area contributed by atoms with Crippen LogP contribution in [0.3, 0.4) is 0 Å². The molecule has 0 unspecified atom stereocenters. The third kappa shape index (κ3) is 3.70. The molecular formula is C26H30FN7O2. The first kappa shape index (κ1) is 22.9. The van der Waals surface area contributed by atoms with E-state index < -0.39 is 5.82 Å². The summed E-state index contributed by atoms with van der Waals surface area (Å²) in [4.78, 5) is 26.9. The van der Waals surface area contributed by atoms with Crippen molar-refractivity contribution in [2.75, 3.05) is 11.9 Å². The van der Waals surface area contributed by atoms with E-state index in [1.165, 1.54) is 6.07 Å². The van der Waals surface area contributed by atoms with E-state index in [-0.39, 0.29) is 24.0 Å². The van der Waals surface area contributed by atoms with Gasteiger partial charge in [-0.25, -0.2) is 19.3 Å². The number of nitrogens with one attached hydrogen (secondary N) is 2. The third-order valence-electron chi connectivity index (χ3n) is 7.81. The number of rotatable bonds is 6. The molecule has 3 saturated carbocycles. The molecule has 4 heterocycles. The Morgan fingerprint density at radius 1 is 1.22 bits per heavy atom. The number of aromatic amines is 1. The number of halogens is 1. The van der Waals surface area contributed by atoms with Gasteiger partial charge in [0.25, 0.3) is 0 Å². The summed E-state index contributed by atoms with van der Waals surface area (Å²) in [5.74, 6) is 0.957. The van der Waals surface area contributed by atoms with Gasteiger partial charge in [0.15, 0.2) is 11.5 Å². The minimum absolute atomic E-state index is 0.0671. The molecule has 36 heavy (non-hydrogen) atoms. The van der Waals surface area contributed by atoms with Gasteiger partial charge >= 0.3 is 5.97 Å². The second-order valence-electron chi connectivity index (χ2n) is 10.2. The van der Waals surface area contributed by atoms with Gasteiger partial charge in [-0.05, 0) is 70.4 Å². The van der Waals surface area contributed by atoms with Crippen LogP contribution in [0, 0.1) is 23.6 Å². The van der Waals surface area contributed by atoms with Crippen molar-refractivity contribution in [1.29, 1.82) is 0 Å². The second-order valence-corrected chi connectivity index (χ2v) is 10.2. The molecule has 0 amide bonds. The highest BCUT2D eigenvalue weighted by Gasteiger charge is 2.48. The van der Waals surface area contributed by atoms with Crippen molar-refractivity contribution in [1.82, 2.24) is 29.7 Å². The highest BCUT2D eigenvalue weighted by molar-refractivity contribution is 5.93. The van der Waals surface area contributed by atoms with E-state index in [2.05, 4.69) is 38.9 Å². The van der Waals surface area contributed by atoms with Crippen LogP contribution in [-0.4, -0.2) is 48.3 Å². The van der Waals surface area contributed by atoms with Crippen LogP contribution in [0.1, 0.15) is 52.5 Å². The molecule has 2 bridgehead atoms. The van der Waals surface area contributed by atoms with Gasteiger partial charge < -0.3 is 14.6 Å². The molecule has 3 fully saturated rings. The Bertz CT molecular complexity index is 1440. The number of H-pyrrole nitrogens is 1. The van der Waals surface area contributed by atoms with E-state index in [0.29, 0.717) is 46.8 Å². The maximum absolute atomic E-state index is 14.0. The molecule has 2 atom stereocenters. The lowest BCUT2D eigenvalue weighted by Crippen LogP contribution is -2.52. The number of aromatic nitrogens is 6. The predicted molar refractivity (Wildman–Crippen MR) is 134 cm³/mol. The van der Waals surface area contributed by atoms with Gasteiger partial charge in [-0.1, -0.05) is 0 Å². The zero-order valence-corrected chi connectivity index (χ0v) is 20.7. The molecule has 0 spiro atoms. The summed E-state index contributed by atoms with van der Waals surface area (Å²) >= 11 is 0. The lowest BCUT2D eigenvalue weighted by atomic mass is 9.61. The standard InChI is InChI=1S/C26H30FN7O2/c1-4-36-26(35)19-14-5-7-15(8-6-14)20(19)29-23-17-9-10-34(13(2)3)25(17)31-24(30-23)21-18-11-16(27)12-28-22(18)33-32-21/h9-15,19-20H,4-8H2,1-3H3,(H,28,32,33)(H,29,30,31)/t14?,15?,19-,20-/m0/s1. The topological polar surface area (TPSA) is 111 Å². The Labute approximate surface area is 207 Å². The fourth-order valence-corrected chi connectivity index (χ4v) is 6.11. The van der Waals surface area contributed by atoms with Gasteiger partial charge in [0, 0.05) is 18.3 Å². The molecule has 188 valence electrons. The van der Waals surface area contributed by atoms with Crippen molar-refractivity contribution in [3.63, 3.8) is 0 Å². The lowest BCUT2D eigenvalue weighted by Gasteiger charge is -2.47. The molecule has 9 nitrogen and oxygen atoms in total. The molecule has 3 aliphatic rings. The SMILES string of the molecule is CCOC(=O)[C@H]1C2CCC(CC2)[C@@H]1Nc1nc(-c2[nH]nc3ncc(F)cc23)nc2c1ccn2C(C)C. The number of esters is 1. The van der Waals surface area contributed by atoms with Gasteiger partial charge in [-0.3, -0.25) is 9.89 Å². The normalized spacial score (nSPS) is 23.6. The van der Waals surface area contributed by atoms with Gasteiger partial charge in [0.1, 0.15) is 23.0 Å². The van der Waals surface area contributed by atoms with E-state index in [0.717, 1.165) is 42.9 Å². The molecule has 4 aromatic rings. The van der Waals surface area contributed by atoms with Crippen molar-refractivity contribution >= 4 is 33.9 Å². The van der Waals surface area contributed by atoms with Crippen LogP contribution < -0.4 is 5.32 Å². The van der Waals surface area contributed by atoms with E-state index in [4.69, 9.17) is 14.7 Å². The molecule has 0 saturated heterocycles. The maximum atomic E-state index is 14.0. The van der Waals surface area contributed by atoms with E-state index in [9.17, 15) is 9.18 Å². The fraction of sp³-hybridized carbons (Fsp3) is 0.500. The molecule has 0 aliphatic heterocycles. The predicted octanol–water partition coefficient (Wildman–Crippen LogP) is 4.87. The van der Waals surface area contributed by atoms with E-state index >= 15 is 0 Å². The minimum atomic E-state index is -0.453. The van der Waals surface area contributed by atoms with Crippen LogP contribution in [0.15, 0.2) is 24.5 Å². The largest absolute Gasteiger partial charge is 0.466 e. The number of carbonyl (C=O) groups is 1. The zero-order valence-electron chi connectivity index (χ0n) is 20.7. The molecule has 0 aromatic carbocycles. The fourth-order valence-electron chi connectivity index (χ4n) is 6.11. The summed E-state index contributed by atoms with van der Waals surface area (Å²) < 4.78 is 21.6. The van der Waals surface area contributed by atoms with Gasteiger partial charge in [0.05, 0.1) is 29.5 Å². The maximum Gasteiger partial charge on any atom is 0.311 e. The van der Waals surface area contributed by atoms with Gasteiger partial charge in [-0.15, -0.1) is 0 Å². The summed E-state index contributed by atoms with van der Waals surface area (Å²) in [7, 11) is 0. The number of nitrogens with zero attached hydrogens (tertiary/aromatic N) is 5. The monoisotopic (exact) mass is 491 g/mol. The van der Waals surface area contributed by atoms with Gasteiger partial charge in [0.2, 0.25) is 0 Å². The van der Waals surface area contributed by atoms with Crippen molar-refractivity contribution in [3.05, 3.63) is 30.3 Å². The molecule has 4 aromatic heterocycles. The van der Waals surface area contributed by atoms with E-state index in [1.54, 1.807) is 0 Å². The number of pyridine rings is 1. The van der Waals surface area contributed by atoms with Crippen LogP contribution in [0.25, 0.3) is 33.6 Å². The molecule has 0 radical (unpaired) electrons. The molecular weight excluding hydrogens is 461 g/mol. The molecule has 2 N–H and O–H groups in total. The quantitative estimate of drug-likeness (QED) is 0.370. The van der Waals surface area contributed by atoms with Crippen LogP contribution in [0.2, 0.25) is 0 Å². The van der Waals surface area contributed by atoms with Crippen molar-refractivity contribution in [3.8, 4) is 11.5 Å². The highest BCUT2D eigenvalue weighted by atomic mass is 19.1. The van der Waals surface area contributed by atoms with Crippen molar-refractivity contribution < 1.29 is 13.9 Å². The van der Waals surface area contributed by atoms with E-state index in [1.807, 2.05) is 19.2 Å². The summed E-state index contributed by atoms with van der Waals surface area (Å²) in [6, 6.07) is 3.50. The molecule has 7 rings (SSSR count). The Morgan fingerprint density at radius 2 is 2.00 bits per heavy atom. The first-order valence-electron chi connectivity index (χ1n) is 12.8. The van der Waals surface area contributed by atoms with Crippen molar-refractivity contribution in [2.24, 2.45) is 17.8 Å². The second kappa shape index (κ2) is 8.83. The minimum Gasteiger partial charge on any atom is -0.466 e. The highest BCUT2D eigenvalue weighted by Crippen LogP contribution is 2.47. The Balaban J connectivity index is 1.48. The number of fused-ring (bicyclic) bond motifs is 5. The lowest BCUT2D eigenvalue weighted by molar-refractivity contribution is -0.154. The Kier molecular flexibility index (Phi) is 5.61. The summed E-state index contributed by atoms with van der Waals surface area (Å²) in [5, 5.41) is 12.2. The average Bonchev–Trinajstić information content (AvgIpc) is 3.49. The Morgan fingerprint density at radius 3 is 2.75 bits per heavy atom. The summed E-state index contributed by atoms with van der Waals surface area (Å²) in [6.07, 6.45) is 7.42. The number of hydrogen-bond acceptors (Lipinski definition) is 7. The number of hydrogen-bond donors (Lipinski definition) is 2. The number of carbonyl (C=O) groups excluding carboxylic acids is 1. The molecule has 10 heteroatoms. The first-order valence-corrected chi connectivity index (χ1v) is 12.8. The average molecular weight is 492 g/mol. The molecule has 3 aliphatic carbocycles. The zero-order chi connectivity index (χ0) is 25.0. The van der Waals surface area contributed by atoms with Crippen LogP contribution >= 0.6 is 0 Å².